The van der Waals surface area contributed by atoms with Gasteiger partial charge in [0.25, 0.3) is 0 Å². The molecule has 3 heteroatoms. The van der Waals surface area contributed by atoms with Gasteiger partial charge in [0, 0.05) is 0 Å². The Morgan fingerprint density at radius 1 is 1.89 bits per heavy atom. The SMILES string of the molecule is C[C@@H]1NC(=O)C[C@@]1(C)O. The lowest BCUT2D eigenvalue weighted by atomic mass is 9.99. The Morgan fingerprint density at radius 3 is 2.56 bits per heavy atom. The summed E-state index contributed by atoms with van der Waals surface area (Å²) >= 11 is 0. The van der Waals surface area contributed by atoms with Crippen LogP contribution in [0.2, 0.25) is 0 Å². The Hall–Kier alpha value is -0.570. The van der Waals surface area contributed by atoms with Gasteiger partial charge in [-0.1, -0.05) is 0 Å². The maximum Gasteiger partial charge on any atom is 0.223 e. The molecule has 0 unspecified atom stereocenters. The molecule has 2 atom stereocenters. The second-order valence-electron chi connectivity index (χ2n) is 2.82. The van der Waals surface area contributed by atoms with Gasteiger partial charge in [0.05, 0.1) is 18.1 Å². The first-order valence-electron chi connectivity index (χ1n) is 3.04. The van der Waals surface area contributed by atoms with E-state index < -0.39 is 5.60 Å². The molecule has 1 aliphatic heterocycles. The van der Waals surface area contributed by atoms with Crippen molar-refractivity contribution in [3.05, 3.63) is 0 Å². The first-order chi connectivity index (χ1) is 4.02. The number of nitrogens with one attached hydrogen (secondary N) is 1. The van der Waals surface area contributed by atoms with E-state index in [0.29, 0.717) is 0 Å². The third kappa shape index (κ3) is 1.05. The first kappa shape index (κ1) is 6.55. The van der Waals surface area contributed by atoms with Crippen LogP contribution in [0.25, 0.3) is 0 Å². The van der Waals surface area contributed by atoms with Crippen LogP contribution in [0.1, 0.15) is 20.3 Å². The second-order valence-corrected chi connectivity index (χ2v) is 2.82. The molecule has 2 N–H and O–H groups in total. The van der Waals surface area contributed by atoms with Crippen molar-refractivity contribution in [1.82, 2.24) is 5.32 Å². The van der Waals surface area contributed by atoms with E-state index in [-0.39, 0.29) is 18.4 Å². The van der Waals surface area contributed by atoms with Crippen LogP contribution in [0.3, 0.4) is 0 Å². The van der Waals surface area contributed by atoms with Crippen LogP contribution in [0, 0.1) is 0 Å². The van der Waals surface area contributed by atoms with Crippen molar-refractivity contribution in [3.8, 4) is 0 Å². The Morgan fingerprint density at radius 2 is 2.44 bits per heavy atom. The number of amides is 1. The summed E-state index contributed by atoms with van der Waals surface area (Å²) in [5, 5.41) is 12.0. The van der Waals surface area contributed by atoms with E-state index in [0.717, 1.165) is 0 Å². The zero-order chi connectivity index (χ0) is 7.07. The van der Waals surface area contributed by atoms with Gasteiger partial charge >= 0.3 is 0 Å². The molecule has 0 aromatic heterocycles. The van der Waals surface area contributed by atoms with Crippen molar-refractivity contribution in [1.29, 1.82) is 0 Å². The zero-order valence-electron chi connectivity index (χ0n) is 5.64. The van der Waals surface area contributed by atoms with E-state index in [1.165, 1.54) is 0 Å². The lowest BCUT2D eigenvalue weighted by molar-refractivity contribution is -0.120. The van der Waals surface area contributed by atoms with E-state index in [1.54, 1.807) is 13.8 Å². The summed E-state index contributed by atoms with van der Waals surface area (Å²) in [5.74, 6) is -0.0625. The summed E-state index contributed by atoms with van der Waals surface area (Å²) in [4.78, 5) is 10.6. The molecule has 0 radical (unpaired) electrons. The molecule has 1 heterocycles. The standard InChI is InChI=1S/C6H11NO2/c1-4-6(2,9)3-5(8)7-4/h4,9H,3H2,1-2H3,(H,7,8)/t4-,6+/m0/s1. The Labute approximate surface area is 54.1 Å². The highest BCUT2D eigenvalue weighted by molar-refractivity contribution is 5.80. The molecule has 1 saturated heterocycles. The summed E-state index contributed by atoms with van der Waals surface area (Å²) in [7, 11) is 0. The zero-order valence-corrected chi connectivity index (χ0v) is 5.64. The van der Waals surface area contributed by atoms with Gasteiger partial charge < -0.3 is 10.4 Å². The number of aliphatic hydroxyl groups is 1. The highest BCUT2D eigenvalue weighted by atomic mass is 16.3. The maximum absolute atomic E-state index is 10.6. The van der Waals surface area contributed by atoms with E-state index in [2.05, 4.69) is 5.32 Å². The van der Waals surface area contributed by atoms with Gasteiger partial charge in [0.2, 0.25) is 5.91 Å². The highest BCUT2D eigenvalue weighted by Gasteiger charge is 2.38. The largest absolute Gasteiger partial charge is 0.388 e. The van der Waals surface area contributed by atoms with E-state index in [4.69, 9.17) is 0 Å². The minimum atomic E-state index is -0.836. The predicted octanol–water partition coefficient (Wildman–Crippen LogP) is -0.354. The van der Waals surface area contributed by atoms with Crippen molar-refractivity contribution in [2.75, 3.05) is 0 Å². The fourth-order valence-electron chi connectivity index (χ4n) is 0.926. The number of hydrogen-bond donors (Lipinski definition) is 2. The Balaban J connectivity index is 2.69. The monoisotopic (exact) mass is 129 g/mol. The average Bonchev–Trinajstić information content (AvgIpc) is 1.79. The molecule has 52 valence electrons. The molecular formula is C6H11NO2. The lowest BCUT2D eigenvalue weighted by Gasteiger charge is -2.19. The normalized spacial score (nSPS) is 43.0. The second kappa shape index (κ2) is 1.70. The highest BCUT2D eigenvalue weighted by Crippen LogP contribution is 2.19. The molecule has 3 nitrogen and oxygen atoms in total. The van der Waals surface area contributed by atoms with E-state index >= 15 is 0 Å². The van der Waals surface area contributed by atoms with Crippen LogP contribution < -0.4 is 5.32 Å². The van der Waals surface area contributed by atoms with E-state index in [1.807, 2.05) is 0 Å². The van der Waals surface area contributed by atoms with Gasteiger partial charge in [-0.25, -0.2) is 0 Å². The van der Waals surface area contributed by atoms with Crippen LogP contribution in [-0.4, -0.2) is 22.7 Å². The van der Waals surface area contributed by atoms with Crippen LogP contribution in [-0.2, 0) is 4.79 Å². The van der Waals surface area contributed by atoms with Crippen molar-refractivity contribution < 1.29 is 9.90 Å². The minimum absolute atomic E-state index is 0.0625. The molecule has 0 aromatic rings. The third-order valence-electron chi connectivity index (χ3n) is 1.83. The van der Waals surface area contributed by atoms with Crippen LogP contribution in [0.5, 0.6) is 0 Å². The van der Waals surface area contributed by atoms with Gasteiger partial charge in [-0.15, -0.1) is 0 Å². The topological polar surface area (TPSA) is 49.3 Å². The van der Waals surface area contributed by atoms with Gasteiger partial charge in [0.1, 0.15) is 0 Å². The fourth-order valence-corrected chi connectivity index (χ4v) is 0.926. The van der Waals surface area contributed by atoms with Gasteiger partial charge in [-0.2, -0.15) is 0 Å². The molecule has 9 heavy (non-hydrogen) atoms. The van der Waals surface area contributed by atoms with Crippen LogP contribution in [0.15, 0.2) is 0 Å². The van der Waals surface area contributed by atoms with E-state index in [9.17, 15) is 9.90 Å². The van der Waals surface area contributed by atoms with Crippen molar-refractivity contribution >= 4 is 5.91 Å². The molecule has 0 spiro atoms. The number of hydrogen-bond acceptors (Lipinski definition) is 2. The third-order valence-corrected chi connectivity index (χ3v) is 1.83. The van der Waals surface area contributed by atoms with Gasteiger partial charge in [-0.3, -0.25) is 4.79 Å². The summed E-state index contributed by atoms with van der Waals surface area (Å²) in [5.41, 5.74) is -0.836. The van der Waals surface area contributed by atoms with Gasteiger partial charge in [-0.05, 0) is 13.8 Å². The summed E-state index contributed by atoms with van der Waals surface area (Å²) < 4.78 is 0. The molecule has 1 aliphatic rings. The number of rotatable bonds is 0. The smallest absolute Gasteiger partial charge is 0.223 e. The minimum Gasteiger partial charge on any atom is -0.388 e. The fraction of sp³-hybridized carbons (Fsp3) is 0.833. The summed E-state index contributed by atoms with van der Waals surface area (Å²) in [6, 6.07) is -0.106. The number of carbonyl (C=O) groups excluding carboxylic acids is 1. The number of carbonyl (C=O) groups is 1. The molecule has 0 saturated carbocycles. The molecular weight excluding hydrogens is 118 g/mol. The molecule has 0 aromatic carbocycles. The van der Waals surface area contributed by atoms with Crippen LogP contribution in [0.4, 0.5) is 0 Å². The Kier molecular flexibility index (Phi) is 1.24. The lowest BCUT2D eigenvalue weighted by Crippen LogP contribution is -2.37. The molecule has 1 rings (SSSR count). The molecule has 0 aliphatic carbocycles. The summed E-state index contributed by atoms with van der Waals surface area (Å²) in [6.45, 7) is 3.46. The molecule has 1 amide bonds. The van der Waals surface area contributed by atoms with Crippen molar-refractivity contribution in [2.45, 2.75) is 31.9 Å². The first-order valence-corrected chi connectivity index (χ1v) is 3.04. The Bertz CT molecular complexity index is 142. The molecule has 1 fully saturated rings. The van der Waals surface area contributed by atoms with Crippen molar-refractivity contribution in [2.24, 2.45) is 0 Å². The quantitative estimate of drug-likeness (QED) is 0.469. The predicted molar refractivity (Wildman–Crippen MR) is 32.8 cm³/mol. The summed E-state index contributed by atoms with van der Waals surface area (Å²) in [6.07, 6.45) is 0.230. The molecule has 0 bridgehead atoms. The van der Waals surface area contributed by atoms with Gasteiger partial charge in [0.15, 0.2) is 0 Å². The maximum atomic E-state index is 10.6. The average molecular weight is 129 g/mol. The van der Waals surface area contributed by atoms with Crippen molar-refractivity contribution in [3.63, 3.8) is 0 Å². The van der Waals surface area contributed by atoms with Crippen LogP contribution >= 0.6 is 0 Å².